The van der Waals surface area contributed by atoms with E-state index in [-0.39, 0.29) is 5.82 Å². The monoisotopic (exact) mass is 237 g/mol. The van der Waals surface area contributed by atoms with E-state index in [1.54, 1.807) is 19.1 Å². The van der Waals surface area contributed by atoms with Crippen LogP contribution < -0.4 is 4.90 Å². The molecule has 0 amide bonds. The third kappa shape index (κ3) is 3.86. The summed E-state index contributed by atoms with van der Waals surface area (Å²) in [7, 11) is 1.86. The molecule has 0 aliphatic rings. The second-order valence-electron chi connectivity index (χ2n) is 4.24. The second-order valence-corrected chi connectivity index (χ2v) is 4.24. The minimum atomic E-state index is -0.635. The van der Waals surface area contributed by atoms with Gasteiger partial charge in [0.25, 0.3) is 0 Å². The SMILES string of the molecule is C=CCCCN(C)c1ccc([C@@H](C)O)cc1F. The smallest absolute Gasteiger partial charge is 0.146 e. The molecule has 0 bridgehead atoms. The van der Waals surface area contributed by atoms with Crippen molar-refractivity contribution in [3.8, 4) is 0 Å². The molecule has 1 N–H and O–H groups in total. The van der Waals surface area contributed by atoms with Crippen molar-refractivity contribution < 1.29 is 9.50 Å². The molecule has 0 fully saturated rings. The van der Waals surface area contributed by atoms with Gasteiger partial charge in [0, 0.05) is 13.6 Å². The normalized spacial score (nSPS) is 12.2. The molecule has 1 rings (SSSR count). The molecule has 0 unspecified atom stereocenters. The topological polar surface area (TPSA) is 23.5 Å². The Hall–Kier alpha value is -1.35. The Morgan fingerprint density at radius 1 is 1.53 bits per heavy atom. The number of unbranched alkanes of at least 4 members (excludes halogenated alkanes) is 1. The number of rotatable bonds is 6. The zero-order valence-electron chi connectivity index (χ0n) is 10.5. The average molecular weight is 237 g/mol. The lowest BCUT2D eigenvalue weighted by Crippen LogP contribution is -2.19. The molecule has 0 radical (unpaired) electrons. The molecular weight excluding hydrogens is 217 g/mol. The first kappa shape index (κ1) is 13.7. The summed E-state index contributed by atoms with van der Waals surface area (Å²) in [6.45, 7) is 6.07. The first-order valence-corrected chi connectivity index (χ1v) is 5.85. The fraction of sp³-hybridized carbons (Fsp3) is 0.429. The molecule has 1 aromatic carbocycles. The molecule has 1 aromatic rings. The molecule has 94 valence electrons. The van der Waals surface area contributed by atoms with E-state index in [1.807, 2.05) is 18.0 Å². The van der Waals surface area contributed by atoms with Crippen LogP contribution in [0.4, 0.5) is 10.1 Å². The summed E-state index contributed by atoms with van der Waals surface area (Å²) in [6, 6.07) is 4.86. The zero-order valence-corrected chi connectivity index (χ0v) is 10.5. The number of anilines is 1. The van der Waals surface area contributed by atoms with Crippen LogP contribution in [0, 0.1) is 5.82 Å². The molecule has 0 saturated heterocycles. The van der Waals surface area contributed by atoms with Crippen LogP contribution in [0.5, 0.6) is 0 Å². The summed E-state index contributed by atoms with van der Waals surface area (Å²) < 4.78 is 13.8. The fourth-order valence-corrected chi connectivity index (χ4v) is 1.69. The first-order valence-electron chi connectivity index (χ1n) is 5.85. The number of nitrogens with zero attached hydrogens (tertiary/aromatic N) is 1. The van der Waals surface area contributed by atoms with Gasteiger partial charge in [-0.25, -0.2) is 4.39 Å². The highest BCUT2D eigenvalue weighted by Crippen LogP contribution is 2.22. The van der Waals surface area contributed by atoms with Crippen LogP contribution in [-0.2, 0) is 0 Å². The van der Waals surface area contributed by atoms with Crippen molar-refractivity contribution in [3.05, 3.63) is 42.2 Å². The highest BCUT2D eigenvalue weighted by atomic mass is 19.1. The van der Waals surface area contributed by atoms with Gasteiger partial charge < -0.3 is 10.0 Å². The molecular formula is C14H20FNO. The standard InChI is InChI=1S/C14H20FNO/c1-4-5-6-9-16(3)14-8-7-12(11(2)17)10-13(14)15/h4,7-8,10-11,17H,1,5-6,9H2,2-3H3/t11-/m1/s1. The Kier molecular flexibility index (Phi) is 5.16. The van der Waals surface area contributed by atoms with E-state index in [2.05, 4.69) is 6.58 Å². The first-order chi connectivity index (χ1) is 8.06. The van der Waals surface area contributed by atoms with E-state index >= 15 is 0 Å². The summed E-state index contributed by atoms with van der Waals surface area (Å²) in [5, 5.41) is 9.36. The van der Waals surface area contributed by atoms with Crippen molar-refractivity contribution in [2.75, 3.05) is 18.5 Å². The predicted octanol–water partition coefficient (Wildman–Crippen LogP) is 3.28. The van der Waals surface area contributed by atoms with Gasteiger partial charge in [0.15, 0.2) is 0 Å². The lowest BCUT2D eigenvalue weighted by Gasteiger charge is -2.20. The minimum absolute atomic E-state index is 0.287. The van der Waals surface area contributed by atoms with Crippen molar-refractivity contribution >= 4 is 5.69 Å². The Bertz CT molecular complexity index is 376. The Morgan fingerprint density at radius 2 is 2.24 bits per heavy atom. The third-order valence-corrected chi connectivity index (χ3v) is 2.77. The van der Waals surface area contributed by atoms with Crippen LogP contribution in [0.3, 0.4) is 0 Å². The van der Waals surface area contributed by atoms with E-state index in [1.165, 1.54) is 6.07 Å². The van der Waals surface area contributed by atoms with Crippen LogP contribution in [0.1, 0.15) is 31.4 Å². The number of halogens is 1. The molecule has 3 heteroatoms. The van der Waals surface area contributed by atoms with E-state index in [0.29, 0.717) is 11.3 Å². The summed E-state index contributed by atoms with van der Waals surface area (Å²) in [6.07, 6.45) is 3.11. The van der Waals surface area contributed by atoms with Crippen LogP contribution in [0.15, 0.2) is 30.9 Å². The number of hydrogen-bond donors (Lipinski definition) is 1. The third-order valence-electron chi connectivity index (χ3n) is 2.77. The molecule has 0 spiro atoms. The van der Waals surface area contributed by atoms with Gasteiger partial charge in [-0.2, -0.15) is 0 Å². The number of benzene rings is 1. The maximum Gasteiger partial charge on any atom is 0.146 e. The van der Waals surface area contributed by atoms with Gasteiger partial charge in [0.2, 0.25) is 0 Å². The van der Waals surface area contributed by atoms with Crippen LogP contribution in [0.25, 0.3) is 0 Å². The van der Waals surface area contributed by atoms with Crippen LogP contribution >= 0.6 is 0 Å². The molecule has 0 saturated carbocycles. The van der Waals surface area contributed by atoms with Gasteiger partial charge in [-0.05, 0) is 37.5 Å². The lowest BCUT2D eigenvalue weighted by atomic mass is 10.1. The maximum atomic E-state index is 13.8. The van der Waals surface area contributed by atoms with Crippen molar-refractivity contribution in [2.24, 2.45) is 0 Å². The second kappa shape index (κ2) is 6.40. The minimum Gasteiger partial charge on any atom is -0.389 e. The predicted molar refractivity (Wildman–Crippen MR) is 69.7 cm³/mol. The van der Waals surface area contributed by atoms with Gasteiger partial charge in [0.1, 0.15) is 5.82 Å². The summed E-state index contributed by atoms with van der Waals surface area (Å²) >= 11 is 0. The van der Waals surface area contributed by atoms with Crippen LogP contribution in [-0.4, -0.2) is 18.7 Å². The summed E-state index contributed by atoms with van der Waals surface area (Å²) in [5.74, 6) is -0.287. The molecule has 17 heavy (non-hydrogen) atoms. The largest absolute Gasteiger partial charge is 0.389 e. The van der Waals surface area contributed by atoms with E-state index in [0.717, 1.165) is 19.4 Å². The molecule has 0 aliphatic heterocycles. The number of aliphatic hydroxyl groups excluding tert-OH is 1. The van der Waals surface area contributed by atoms with Gasteiger partial charge in [0.05, 0.1) is 11.8 Å². The molecule has 0 aromatic heterocycles. The average Bonchev–Trinajstić information content (AvgIpc) is 2.28. The Balaban J connectivity index is 2.73. The number of aliphatic hydroxyl groups is 1. The van der Waals surface area contributed by atoms with E-state index in [9.17, 15) is 9.50 Å². The zero-order chi connectivity index (χ0) is 12.8. The quantitative estimate of drug-likeness (QED) is 0.606. The van der Waals surface area contributed by atoms with Crippen molar-refractivity contribution in [2.45, 2.75) is 25.9 Å². The lowest BCUT2D eigenvalue weighted by molar-refractivity contribution is 0.199. The fourth-order valence-electron chi connectivity index (χ4n) is 1.69. The molecule has 1 atom stereocenters. The Labute approximate surface area is 102 Å². The summed E-state index contributed by atoms with van der Waals surface area (Å²) in [4.78, 5) is 1.88. The molecule has 0 aliphatic carbocycles. The van der Waals surface area contributed by atoms with E-state index < -0.39 is 6.10 Å². The molecule has 0 heterocycles. The van der Waals surface area contributed by atoms with Crippen LogP contribution in [0.2, 0.25) is 0 Å². The van der Waals surface area contributed by atoms with Gasteiger partial charge in [-0.15, -0.1) is 6.58 Å². The molecule has 2 nitrogen and oxygen atoms in total. The maximum absolute atomic E-state index is 13.8. The highest BCUT2D eigenvalue weighted by Gasteiger charge is 2.09. The number of hydrogen-bond acceptors (Lipinski definition) is 2. The summed E-state index contributed by atoms with van der Waals surface area (Å²) in [5.41, 5.74) is 1.17. The van der Waals surface area contributed by atoms with Gasteiger partial charge in [-0.3, -0.25) is 0 Å². The number of allylic oxidation sites excluding steroid dienone is 1. The Morgan fingerprint density at radius 3 is 2.76 bits per heavy atom. The van der Waals surface area contributed by atoms with E-state index in [4.69, 9.17) is 0 Å². The van der Waals surface area contributed by atoms with Crippen molar-refractivity contribution in [1.29, 1.82) is 0 Å². The van der Waals surface area contributed by atoms with Crippen molar-refractivity contribution in [1.82, 2.24) is 0 Å². The van der Waals surface area contributed by atoms with Gasteiger partial charge >= 0.3 is 0 Å². The highest BCUT2D eigenvalue weighted by molar-refractivity contribution is 5.48. The van der Waals surface area contributed by atoms with Crippen molar-refractivity contribution in [3.63, 3.8) is 0 Å². The van der Waals surface area contributed by atoms with Gasteiger partial charge in [-0.1, -0.05) is 12.1 Å².